The maximum absolute atomic E-state index is 12.6. The summed E-state index contributed by atoms with van der Waals surface area (Å²) < 4.78 is 5.57. The minimum atomic E-state index is -1.04. The van der Waals surface area contributed by atoms with E-state index >= 15 is 0 Å². The van der Waals surface area contributed by atoms with Gasteiger partial charge in [-0.2, -0.15) is 0 Å². The third-order valence-electron chi connectivity index (χ3n) is 5.05. The Balaban J connectivity index is 2.19. The summed E-state index contributed by atoms with van der Waals surface area (Å²) in [7, 11) is 1.54. The summed E-state index contributed by atoms with van der Waals surface area (Å²) in [5.41, 5.74) is 0.119. The molecule has 4 aliphatic rings. The fourth-order valence-corrected chi connectivity index (χ4v) is 4.11. The van der Waals surface area contributed by atoms with Crippen LogP contribution in [-0.4, -0.2) is 24.3 Å². The number of Topliss-reactive ketones (excluding diaryl/α,β-unsaturated/α-hetero) is 1. The lowest BCUT2D eigenvalue weighted by Gasteiger charge is -2.39. The Hall–Kier alpha value is -1.22. The first-order valence-electron chi connectivity index (χ1n) is 7.04. The molecule has 0 unspecified atom stereocenters. The molecule has 0 aromatic rings. The summed E-state index contributed by atoms with van der Waals surface area (Å²) in [6.45, 7) is 4.22. The number of rotatable bonds is 2. The standard InChI is InChI=1S/C16H20O3/c1-9(2)12-8-14(18)16(19-3)7-6-10(12)11-4-5-13(17)15(11)16/h6-11,15H,4-5H2,1-3H3/t10-,11+,15-,16+/m0/s1. The van der Waals surface area contributed by atoms with Crippen LogP contribution in [0.5, 0.6) is 0 Å². The van der Waals surface area contributed by atoms with Crippen LogP contribution >= 0.6 is 0 Å². The van der Waals surface area contributed by atoms with Crippen molar-refractivity contribution < 1.29 is 14.3 Å². The van der Waals surface area contributed by atoms with Gasteiger partial charge in [-0.05, 0) is 30.4 Å². The molecule has 1 saturated carbocycles. The summed E-state index contributed by atoms with van der Waals surface area (Å²) in [6, 6.07) is 0. The monoisotopic (exact) mass is 260 g/mol. The highest BCUT2D eigenvalue weighted by Gasteiger charge is 2.58. The third-order valence-corrected chi connectivity index (χ3v) is 5.05. The number of carbonyl (C=O) groups is 2. The molecule has 3 heteroatoms. The van der Waals surface area contributed by atoms with Crippen molar-refractivity contribution >= 4 is 11.6 Å². The molecule has 0 amide bonds. The van der Waals surface area contributed by atoms with Crippen molar-refractivity contribution in [2.75, 3.05) is 7.11 Å². The van der Waals surface area contributed by atoms with Gasteiger partial charge in [-0.1, -0.05) is 25.5 Å². The van der Waals surface area contributed by atoms with Gasteiger partial charge in [0.25, 0.3) is 0 Å². The number of methoxy groups -OCH3 is 1. The van der Waals surface area contributed by atoms with Gasteiger partial charge in [0.1, 0.15) is 5.78 Å². The number of hydrogen-bond donors (Lipinski definition) is 0. The van der Waals surface area contributed by atoms with E-state index in [9.17, 15) is 9.59 Å². The summed E-state index contributed by atoms with van der Waals surface area (Å²) in [4.78, 5) is 24.9. The molecule has 2 bridgehead atoms. The second kappa shape index (κ2) is 4.14. The molecule has 4 aliphatic carbocycles. The average Bonchev–Trinajstić information content (AvgIpc) is 2.66. The van der Waals surface area contributed by atoms with Crippen molar-refractivity contribution in [2.24, 2.45) is 23.7 Å². The quantitative estimate of drug-likeness (QED) is 0.716. The van der Waals surface area contributed by atoms with Gasteiger partial charge in [0.15, 0.2) is 11.4 Å². The van der Waals surface area contributed by atoms with Crippen molar-refractivity contribution in [2.45, 2.75) is 32.3 Å². The molecule has 19 heavy (non-hydrogen) atoms. The summed E-state index contributed by atoms with van der Waals surface area (Å²) >= 11 is 0. The van der Waals surface area contributed by atoms with Gasteiger partial charge in [-0.3, -0.25) is 9.59 Å². The van der Waals surface area contributed by atoms with Crippen molar-refractivity contribution in [1.29, 1.82) is 0 Å². The van der Waals surface area contributed by atoms with E-state index in [1.165, 1.54) is 0 Å². The number of hydrogen-bond acceptors (Lipinski definition) is 3. The maximum atomic E-state index is 12.6. The van der Waals surface area contributed by atoms with Gasteiger partial charge >= 0.3 is 0 Å². The Morgan fingerprint density at radius 3 is 2.74 bits per heavy atom. The average molecular weight is 260 g/mol. The molecule has 4 atom stereocenters. The minimum absolute atomic E-state index is 0.0554. The molecule has 0 N–H and O–H groups in total. The molecular weight excluding hydrogens is 240 g/mol. The van der Waals surface area contributed by atoms with Crippen molar-refractivity contribution in [3.05, 3.63) is 23.8 Å². The predicted octanol–water partition coefficient (Wildman–Crippen LogP) is 2.32. The first-order valence-corrected chi connectivity index (χ1v) is 7.04. The Bertz CT molecular complexity index is 500. The third kappa shape index (κ3) is 1.54. The topological polar surface area (TPSA) is 43.4 Å². The molecule has 102 valence electrons. The number of allylic oxidation sites excluding steroid dienone is 2. The van der Waals surface area contributed by atoms with Gasteiger partial charge in [-0.25, -0.2) is 0 Å². The molecule has 1 fully saturated rings. The highest BCUT2D eigenvalue weighted by atomic mass is 16.5. The van der Waals surface area contributed by atoms with Gasteiger partial charge in [0.2, 0.25) is 0 Å². The van der Waals surface area contributed by atoms with E-state index in [0.717, 1.165) is 12.0 Å². The normalized spacial score (nSPS) is 40.6. The van der Waals surface area contributed by atoms with Crippen LogP contribution in [0.4, 0.5) is 0 Å². The van der Waals surface area contributed by atoms with E-state index in [1.54, 1.807) is 13.2 Å². The highest BCUT2D eigenvalue weighted by molar-refractivity contribution is 6.05. The summed E-state index contributed by atoms with van der Waals surface area (Å²) in [5, 5.41) is 0. The van der Waals surface area contributed by atoms with E-state index in [0.29, 0.717) is 12.3 Å². The largest absolute Gasteiger partial charge is 0.365 e. The fraction of sp³-hybridized carbons (Fsp3) is 0.625. The molecule has 0 spiro atoms. The molecule has 0 aromatic carbocycles. The smallest absolute Gasteiger partial charge is 0.192 e. The van der Waals surface area contributed by atoms with Crippen LogP contribution in [0.15, 0.2) is 23.8 Å². The van der Waals surface area contributed by atoms with Crippen LogP contribution < -0.4 is 0 Å². The zero-order valence-electron chi connectivity index (χ0n) is 11.7. The molecule has 0 aromatic heterocycles. The lowest BCUT2D eigenvalue weighted by Crippen LogP contribution is -2.51. The first kappa shape index (κ1) is 12.8. The van der Waals surface area contributed by atoms with E-state index in [4.69, 9.17) is 4.74 Å². The van der Waals surface area contributed by atoms with Crippen molar-refractivity contribution in [1.82, 2.24) is 0 Å². The Morgan fingerprint density at radius 1 is 1.37 bits per heavy atom. The van der Waals surface area contributed by atoms with Crippen LogP contribution in [-0.2, 0) is 14.3 Å². The van der Waals surface area contributed by atoms with Gasteiger partial charge < -0.3 is 4.74 Å². The van der Waals surface area contributed by atoms with E-state index in [-0.39, 0.29) is 29.3 Å². The number of ether oxygens (including phenoxy) is 1. The molecular formula is C16H20O3. The summed E-state index contributed by atoms with van der Waals surface area (Å²) in [6.07, 6.45) is 7.14. The lowest BCUT2D eigenvalue weighted by atomic mass is 9.68. The molecule has 0 radical (unpaired) electrons. The number of ketones is 2. The second-order valence-corrected chi connectivity index (χ2v) is 6.19. The van der Waals surface area contributed by atoms with E-state index in [2.05, 4.69) is 19.9 Å². The van der Waals surface area contributed by atoms with E-state index in [1.807, 2.05) is 6.08 Å². The second-order valence-electron chi connectivity index (χ2n) is 6.19. The van der Waals surface area contributed by atoms with Crippen LogP contribution in [0, 0.1) is 23.7 Å². The SMILES string of the molecule is CO[C@]12C=C[C@H](C(C(C)C)=CC1=O)[C@H]1CCC(=O)[C@H]12. The minimum Gasteiger partial charge on any atom is -0.365 e. The van der Waals surface area contributed by atoms with Gasteiger partial charge in [0.05, 0.1) is 5.92 Å². The highest BCUT2D eigenvalue weighted by Crippen LogP contribution is 2.52. The fourth-order valence-electron chi connectivity index (χ4n) is 4.11. The Kier molecular flexibility index (Phi) is 2.79. The molecule has 0 saturated heterocycles. The van der Waals surface area contributed by atoms with Crippen LogP contribution in [0.3, 0.4) is 0 Å². The van der Waals surface area contributed by atoms with Gasteiger partial charge in [-0.15, -0.1) is 0 Å². The lowest BCUT2D eigenvalue weighted by molar-refractivity contribution is -0.146. The first-order chi connectivity index (χ1) is 9.01. The molecule has 3 nitrogen and oxygen atoms in total. The molecule has 0 aliphatic heterocycles. The van der Waals surface area contributed by atoms with Crippen LogP contribution in [0.2, 0.25) is 0 Å². The molecule has 4 rings (SSSR count). The zero-order chi connectivity index (χ0) is 13.8. The zero-order valence-corrected chi connectivity index (χ0v) is 11.7. The van der Waals surface area contributed by atoms with E-state index < -0.39 is 5.60 Å². The number of fused-ring (bicyclic) bond motifs is 1. The van der Waals surface area contributed by atoms with Gasteiger partial charge in [0, 0.05) is 19.4 Å². The van der Waals surface area contributed by atoms with Crippen molar-refractivity contribution in [3.63, 3.8) is 0 Å². The Morgan fingerprint density at radius 2 is 2.11 bits per heavy atom. The maximum Gasteiger partial charge on any atom is 0.192 e. The summed E-state index contributed by atoms with van der Waals surface area (Å²) in [5.74, 6) is 0.630. The van der Waals surface area contributed by atoms with Crippen LogP contribution in [0.25, 0.3) is 0 Å². The molecule has 0 heterocycles. The van der Waals surface area contributed by atoms with Crippen molar-refractivity contribution in [3.8, 4) is 0 Å². The number of carbonyl (C=O) groups excluding carboxylic acids is 2. The predicted molar refractivity (Wildman–Crippen MR) is 71.5 cm³/mol. The van der Waals surface area contributed by atoms with Crippen LogP contribution in [0.1, 0.15) is 26.7 Å². The Labute approximate surface area is 113 Å².